The summed E-state index contributed by atoms with van der Waals surface area (Å²) < 4.78 is 27.8. The van der Waals surface area contributed by atoms with Crippen molar-refractivity contribution in [2.24, 2.45) is 11.7 Å². The van der Waals surface area contributed by atoms with E-state index in [1.807, 2.05) is 13.8 Å². The Morgan fingerprint density at radius 1 is 0.881 bits per heavy atom. The van der Waals surface area contributed by atoms with Gasteiger partial charge in [-0.1, -0.05) is 33.8 Å². The minimum absolute atomic E-state index is 0.0526. The molecule has 11 heteroatoms. The van der Waals surface area contributed by atoms with Gasteiger partial charge in [-0.3, -0.25) is 19.2 Å². The first kappa shape index (κ1) is 34.3. The van der Waals surface area contributed by atoms with Crippen LogP contribution in [0.1, 0.15) is 73.7 Å². The largest absolute Gasteiger partial charge is 0.368 e. The van der Waals surface area contributed by atoms with E-state index in [2.05, 4.69) is 16.0 Å². The molecule has 0 radical (unpaired) electrons. The van der Waals surface area contributed by atoms with Crippen molar-refractivity contribution in [3.63, 3.8) is 0 Å². The average molecular weight is 588 g/mol. The average Bonchev–Trinajstić information content (AvgIpc) is 2.92. The van der Waals surface area contributed by atoms with Crippen LogP contribution < -0.4 is 21.7 Å². The molecule has 2 aromatic carbocycles. The van der Waals surface area contributed by atoms with Gasteiger partial charge < -0.3 is 26.6 Å². The standard InChI is InChI=1S/C31H43F2N5O4/c1-6-11-38(12-7-2)31(42)23-10-8-9-22(16-23)30(41)36-26(15-21-13-24(32)17-25(33)14-21)18-35-20(5)29(40)37-27(19(3)4)28(34)39/h8-10,13-14,16-17,19-20,26-27,35H,6-7,11-12,15,18H2,1-5H3,(H2,34,39)(H,36,41)(H,37,40)/t20-,26-,27-/m0/s1. The normalized spacial score (nSPS) is 13.2. The zero-order valence-electron chi connectivity index (χ0n) is 25.0. The van der Waals surface area contributed by atoms with E-state index in [9.17, 15) is 28.0 Å². The number of primary amides is 1. The fourth-order valence-corrected chi connectivity index (χ4v) is 4.54. The zero-order valence-corrected chi connectivity index (χ0v) is 25.0. The molecule has 230 valence electrons. The van der Waals surface area contributed by atoms with Crippen LogP contribution in [0.25, 0.3) is 0 Å². The van der Waals surface area contributed by atoms with Crippen molar-refractivity contribution in [2.75, 3.05) is 19.6 Å². The fraction of sp³-hybridized carbons (Fsp3) is 0.484. The lowest BCUT2D eigenvalue weighted by atomic mass is 10.0. The number of halogens is 2. The molecule has 0 aliphatic carbocycles. The van der Waals surface area contributed by atoms with Gasteiger partial charge in [0, 0.05) is 42.9 Å². The van der Waals surface area contributed by atoms with Gasteiger partial charge in [-0.15, -0.1) is 0 Å². The number of carbonyl (C=O) groups excluding carboxylic acids is 4. The van der Waals surface area contributed by atoms with Crippen molar-refractivity contribution in [3.05, 3.63) is 70.8 Å². The van der Waals surface area contributed by atoms with Crippen LogP contribution in [0.3, 0.4) is 0 Å². The Kier molecular flexibility index (Phi) is 13.5. The highest BCUT2D eigenvalue weighted by Gasteiger charge is 2.25. The SMILES string of the molecule is CCCN(CCC)C(=O)c1cccc(C(=O)N[C@H](CN[C@@H](C)C(=O)N[C@H](C(N)=O)C(C)C)Cc2cc(F)cc(F)c2)c1. The number of hydrogen-bond donors (Lipinski definition) is 4. The van der Waals surface area contributed by atoms with E-state index >= 15 is 0 Å². The van der Waals surface area contributed by atoms with Crippen molar-refractivity contribution in [1.29, 1.82) is 0 Å². The van der Waals surface area contributed by atoms with E-state index in [-0.39, 0.29) is 30.4 Å². The van der Waals surface area contributed by atoms with Gasteiger partial charge in [-0.25, -0.2) is 8.78 Å². The number of amides is 4. The molecular weight excluding hydrogens is 544 g/mol. The Morgan fingerprint density at radius 2 is 1.48 bits per heavy atom. The van der Waals surface area contributed by atoms with Crippen LogP contribution in [0.2, 0.25) is 0 Å². The predicted octanol–water partition coefficient (Wildman–Crippen LogP) is 3.17. The Bertz CT molecular complexity index is 1210. The van der Waals surface area contributed by atoms with Crippen LogP contribution in [0.4, 0.5) is 8.78 Å². The molecule has 0 bridgehead atoms. The molecule has 42 heavy (non-hydrogen) atoms. The number of nitrogens with two attached hydrogens (primary N) is 1. The summed E-state index contributed by atoms with van der Waals surface area (Å²) >= 11 is 0. The summed E-state index contributed by atoms with van der Waals surface area (Å²) in [7, 11) is 0. The van der Waals surface area contributed by atoms with Crippen molar-refractivity contribution in [1.82, 2.24) is 20.9 Å². The molecule has 0 unspecified atom stereocenters. The molecule has 5 N–H and O–H groups in total. The monoisotopic (exact) mass is 587 g/mol. The van der Waals surface area contributed by atoms with Crippen molar-refractivity contribution < 1.29 is 28.0 Å². The third kappa shape index (κ3) is 10.5. The molecule has 0 saturated carbocycles. The molecule has 0 aliphatic rings. The molecule has 2 aromatic rings. The number of nitrogens with one attached hydrogen (secondary N) is 3. The van der Waals surface area contributed by atoms with Crippen LogP contribution in [-0.4, -0.2) is 66.3 Å². The maximum absolute atomic E-state index is 13.9. The molecule has 0 fully saturated rings. The quantitative estimate of drug-likeness (QED) is 0.240. The second-order valence-corrected chi connectivity index (χ2v) is 10.8. The lowest BCUT2D eigenvalue weighted by Gasteiger charge is -2.25. The first-order chi connectivity index (χ1) is 19.9. The Balaban J connectivity index is 2.23. The topological polar surface area (TPSA) is 134 Å². The van der Waals surface area contributed by atoms with Gasteiger partial charge in [0.1, 0.15) is 17.7 Å². The van der Waals surface area contributed by atoms with Crippen LogP contribution in [-0.2, 0) is 16.0 Å². The third-order valence-electron chi connectivity index (χ3n) is 6.72. The van der Waals surface area contributed by atoms with E-state index in [0.29, 0.717) is 24.2 Å². The fourth-order valence-electron chi connectivity index (χ4n) is 4.54. The molecule has 0 aromatic heterocycles. The van der Waals surface area contributed by atoms with Gasteiger partial charge in [0.2, 0.25) is 11.8 Å². The molecule has 9 nitrogen and oxygen atoms in total. The van der Waals surface area contributed by atoms with Crippen molar-refractivity contribution in [2.45, 2.75) is 72.0 Å². The predicted molar refractivity (Wildman–Crippen MR) is 158 cm³/mol. The number of benzene rings is 2. The molecule has 4 amide bonds. The van der Waals surface area contributed by atoms with Gasteiger partial charge in [-0.2, -0.15) is 0 Å². The zero-order chi connectivity index (χ0) is 31.4. The lowest BCUT2D eigenvalue weighted by molar-refractivity contribution is -0.129. The van der Waals surface area contributed by atoms with E-state index in [0.717, 1.165) is 18.9 Å². The molecule has 2 rings (SSSR count). The highest BCUT2D eigenvalue weighted by Crippen LogP contribution is 2.13. The van der Waals surface area contributed by atoms with Crippen molar-refractivity contribution >= 4 is 23.6 Å². The highest BCUT2D eigenvalue weighted by atomic mass is 19.1. The Morgan fingerprint density at radius 3 is 2.02 bits per heavy atom. The first-order valence-corrected chi connectivity index (χ1v) is 14.3. The first-order valence-electron chi connectivity index (χ1n) is 14.3. The molecular formula is C31H43F2N5O4. The van der Waals surface area contributed by atoms with Gasteiger partial charge in [0.25, 0.3) is 11.8 Å². The second kappa shape index (κ2) is 16.5. The van der Waals surface area contributed by atoms with E-state index in [4.69, 9.17) is 5.73 Å². The highest BCUT2D eigenvalue weighted by molar-refractivity contribution is 5.99. The Labute approximate surface area is 246 Å². The molecule has 0 saturated heterocycles. The molecule has 3 atom stereocenters. The van der Waals surface area contributed by atoms with Gasteiger partial charge in [0.05, 0.1) is 6.04 Å². The number of nitrogens with zero attached hydrogens (tertiary/aromatic N) is 1. The minimum Gasteiger partial charge on any atom is -0.368 e. The minimum atomic E-state index is -0.854. The van der Waals surface area contributed by atoms with Gasteiger partial charge in [-0.05, 0) is 68.0 Å². The summed E-state index contributed by atoms with van der Waals surface area (Å²) in [6.45, 7) is 10.3. The van der Waals surface area contributed by atoms with Crippen LogP contribution >= 0.6 is 0 Å². The van der Waals surface area contributed by atoms with Crippen LogP contribution in [0.15, 0.2) is 42.5 Å². The van der Waals surface area contributed by atoms with Gasteiger partial charge >= 0.3 is 0 Å². The summed E-state index contributed by atoms with van der Waals surface area (Å²) in [5.74, 6) is -3.50. The maximum atomic E-state index is 13.9. The van der Waals surface area contributed by atoms with Crippen LogP contribution in [0.5, 0.6) is 0 Å². The molecule has 0 aliphatic heterocycles. The van der Waals surface area contributed by atoms with Gasteiger partial charge in [0.15, 0.2) is 0 Å². The van der Waals surface area contributed by atoms with E-state index < -0.39 is 47.5 Å². The van der Waals surface area contributed by atoms with Crippen molar-refractivity contribution in [3.8, 4) is 0 Å². The Hall–Kier alpha value is -3.86. The molecule has 0 spiro atoms. The second-order valence-electron chi connectivity index (χ2n) is 10.8. The number of rotatable bonds is 16. The van der Waals surface area contributed by atoms with E-state index in [1.54, 1.807) is 43.9 Å². The molecule has 0 heterocycles. The number of hydrogen-bond acceptors (Lipinski definition) is 5. The lowest BCUT2D eigenvalue weighted by Crippen LogP contribution is -2.54. The van der Waals surface area contributed by atoms with Crippen LogP contribution in [0, 0.1) is 17.6 Å². The summed E-state index contributed by atoms with van der Waals surface area (Å²) in [6, 6.07) is 7.17. The summed E-state index contributed by atoms with van der Waals surface area (Å²) in [5, 5.41) is 8.49. The maximum Gasteiger partial charge on any atom is 0.253 e. The summed E-state index contributed by atoms with van der Waals surface area (Å²) in [6.07, 6.45) is 1.66. The summed E-state index contributed by atoms with van der Waals surface area (Å²) in [4.78, 5) is 52.5. The smallest absolute Gasteiger partial charge is 0.253 e. The number of carbonyl (C=O) groups is 4. The van der Waals surface area contributed by atoms with E-state index in [1.165, 1.54) is 18.2 Å². The third-order valence-corrected chi connectivity index (χ3v) is 6.72. The summed E-state index contributed by atoms with van der Waals surface area (Å²) in [5.41, 5.74) is 6.33.